The van der Waals surface area contributed by atoms with Gasteiger partial charge in [-0.25, -0.2) is 4.79 Å². The molecule has 0 saturated heterocycles. The van der Waals surface area contributed by atoms with Crippen LogP contribution >= 0.6 is 0 Å². The van der Waals surface area contributed by atoms with Gasteiger partial charge in [-0.3, -0.25) is 0 Å². The summed E-state index contributed by atoms with van der Waals surface area (Å²) in [5.41, 5.74) is 7.59. The average molecular weight is 249 g/mol. The van der Waals surface area contributed by atoms with E-state index in [1.54, 1.807) is 26.0 Å². The van der Waals surface area contributed by atoms with Crippen molar-refractivity contribution in [3.05, 3.63) is 29.0 Å². The Bertz CT molecular complexity index is 601. The Balaban J connectivity index is 2.76. The van der Waals surface area contributed by atoms with Gasteiger partial charge >= 0.3 is 5.97 Å². The Morgan fingerprint density at radius 2 is 2.22 bits per heavy atom. The predicted molar refractivity (Wildman–Crippen MR) is 67.2 cm³/mol. The normalized spacial score (nSPS) is 10.8. The predicted octanol–water partition coefficient (Wildman–Crippen LogP) is 1.99. The maximum atomic E-state index is 11.9. The Morgan fingerprint density at radius 1 is 1.50 bits per heavy atom. The van der Waals surface area contributed by atoms with Crippen LogP contribution in [0.3, 0.4) is 0 Å². The number of carbonyl (C=O) groups is 1. The SMILES string of the molecule is CCOC(=O)c1c(C)oc2c(N)ccc(CO)c12. The molecule has 1 aromatic carbocycles. The second-order valence-corrected chi connectivity index (χ2v) is 3.93. The first kappa shape index (κ1) is 12.4. The summed E-state index contributed by atoms with van der Waals surface area (Å²) in [5.74, 6) is -0.0231. The first-order valence-corrected chi connectivity index (χ1v) is 5.68. The van der Waals surface area contributed by atoms with E-state index in [4.69, 9.17) is 14.9 Å². The summed E-state index contributed by atoms with van der Waals surface area (Å²) in [7, 11) is 0. The summed E-state index contributed by atoms with van der Waals surface area (Å²) in [4.78, 5) is 11.9. The van der Waals surface area contributed by atoms with Gasteiger partial charge < -0.3 is 20.0 Å². The number of rotatable bonds is 3. The van der Waals surface area contributed by atoms with E-state index in [1.807, 2.05) is 0 Å². The number of nitrogen functional groups attached to an aromatic ring is 1. The molecule has 0 aliphatic heterocycles. The number of carbonyl (C=O) groups excluding carboxylic acids is 1. The van der Waals surface area contributed by atoms with Crippen molar-refractivity contribution in [2.45, 2.75) is 20.5 Å². The van der Waals surface area contributed by atoms with E-state index in [0.717, 1.165) is 0 Å². The van der Waals surface area contributed by atoms with Gasteiger partial charge in [-0.1, -0.05) is 6.07 Å². The zero-order valence-corrected chi connectivity index (χ0v) is 10.3. The third kappa shape index (κ3) is 1.82. The average Bonchev–Trinajstić information content (AvgIpc) is 2.68. The van der Waals surface area contributed by atoms with Crippen molar-refractivity contribution in [2.75, 3.05) is 12.3 Å². The number of aliphatic hydroxyl groups is 1. The van der Waals surface area contributed by atoms with Gasteiger partial charge in [-0.05, 0) is 25.5 Å². The van der Waals surface area contributed by atoms with Gasteiger partial charge in [-0.15, -0.1) is 0 Å². The highest BCUT2D eigenvalue weighted by molar-refractivity contribution is 6.08. The van der Waals surface area contributed by atoms with Crippen molar-refractivity contribution in [1.29, 1.82) is 0 Å². The van der Waals surface area contributed by atoms with Crippen LogP contribution in [0.4, 0.5) is 5.69 Å². The molecule has 0 amide bonds. The minimum atomic E-state index is -0.464. The molecule has 18 heavy (non-hydrogen) atoms. The van der Waals surface area contributed by atoms with E-state index >= 15 is 0 Å². The number of aryl methyl sites for hydroxylation is 1. The standard InChI is InChI=1S/C13H15NO4/c1-3-17-13(16)10-7(2)18-12-9(14)5-4-8(6-15)11(10)12/h4-5,15H,3,6,14H2,1-2H3. The molecule has 0 saturated carbocycles. The van der Waals surface area contributed by atoms with Crippen LogP contribution in [0, 0.1) is 6.92 Å². The fourth-order valence-electron chi connectivity index (χ4n) is 1.98. The third-order valence-electron chi connectivity index (χ3n) is 2.78. The maximum absolute atomic E-state index is 11.9. The van der Waals surface area contributed by atoms with Crippen molar-refractivity contribution in [3.8, 4) is 0 Å². The molecule has 2 aromatic rings. The molecule has 5 heteroatoms. The summed E-state index contributed by atoms with van der Waals surface area (Å²) >= 11 is 0. The molecule has 0 bridgehead atoms. The summed E-state index contributed by atoms with van der Waals surface area (Å²) in [5, 5.41) is 9.87. The van der Waals surface area contributed by atoms with Crippen molar-refractivity contribution in [3.63, 3.8) is 0 Å². The topological polar surface area (TPSA) is 85.7 Å². The Hall–Kier alpha value is -2.01. The van der Waals surface area contributed by atoms with Gasteiger partial charge in [0.1, 0.15) is 11.3 Å². The van der Waals surface area contributed by atoms with Gasteiger partial charge in [0.05, 0.1) is 18.9 Å². The molecule has 2 rings (SSSR count). The van der Waals surface area contributed by atoms with Gasteiger partial charge in [0, 0.05) is 5.39 Å². The Labute approximate surface area is 104 Å². The molecule has 96 valence electrons. The largest absolute Gasteiger partial charge is 0.462 e. The highest BCUT2D eigenvalue weighted by atomic mass is 16.5. The number of furan rings is 1. The minimum Gasteiger partial charge on any atom is -0.462 e. The first-order chi connectivity index (χ1) is 8.60. The van der Waals surface area contributed by atoms with Gasteiger partial charge in [0.2, 0.25) is 0 Å². The quantitative estimate of drug-likeness (QED) is 0.641. The van der Waals surface area contributed by atoms with E-state index in [1.165, 1.54) is 0 Å². The first-order valence-electron chi connectivity index (χ1n) is 5.68. The van der Waals surface area contributed by atoms with E-state index in [-0.39, 0.29) is 13.2 Å². The second kappa shape index (κ2) is 4.70. The van der Waals surface area contributed by atoms with Crippen LogP contribution in [-0.4, -0.2) is 17.7 Å². The second-order valence-electron chi connectivity index (χ2n) is 3.93. The molecule has 0 aliphatic carbocycles. The molecular formula is C13H15NO4. The van der Waals surface area contributed by atoms with Gasteiger partial charge in [0.25, 0.3) is 0 Å². The van der Waals surface area contributed by atoms with Crippen LogP contribution in [0.25, 0.3) is 11.0 Å². The van der Waals surface area contributed by atoms with E-state index in [0.29, 0.717) is 33.5 Å². The van der Waals surface area contributed by atoms with Crippen molar-refractivity contribution in [1.82, 2.24) is 0 Å². The van der Waals surface area contributed by atoms with Crippen LogP contribution in [0.1, 0.15) is 28.6 Å². The number of nitrogens with two attached hydrogens (primary N) is 1. The molecular weight excluding hydrogens is 234 g/mol. The van der Waals surface area contributed by atoms with Crippen molar-refractivity contribution >= 4 is 22.6 Å². The Kier molecular flexibility index (Phi) is 3.25. The molecule has 1 heterocycles. The summed E-state index contributed by atoms with van der Waals surface area (Å²) in [6.45, 7) is 3.49. The monoisotopic (exact) mass is 249 g/mol. The zero-order valence-electron chi connectivity index (χ0n) is 10.3. The molecule has 0 radical (unpaired) electrons. The molecule has 3 N–H and O–H groups in total. The third-order valence-corrected chi connectivity index (χ3v) is 2.78. The number of aliphatic hydroxyl groups excluding tert-OH is 1. The fourth-order valence-corrected chi connectivity index (χ4v) is 1.98. The molecule has 0 fully saturated rings. The lowest BCUT2D eigenvalue weighted by Crippen LogP contribution is -2.06. The molecule has 1 aromatic heterocycles. The molecule has 0 unspecified atom stereocenters. The van der Waals surface area contributed by atoms with Crippen molar-refractivity contribution in [2.24, 2.45) is 0 Å². The number of ether oxygens (including phenoxy) is 1. The van der Waals surface area contributed by atoms with Gasteiger partial charge in [0.15, 0.2) is 5.58 Å². The highest BCUT2D eigenvalue weighted by Gasteiger charge is 2.22. The van der Waals surface area contributed by atoms with Crippen LogP contribution in [-0.2, 0) is 11.3 Å². The number of anilines is 1. The Morgan fingerprint density at radius 3 is 2.83 bits per heavy atom. The number of hydrogen-bond donors (Lipinski definition) is 2. The van der Waals surface area contributed by atoms with E-state index in [2.05, 4.69) is 0 Å². The maximum Gasteiger partial charge on any atom is 0.342 e. The molecule has 0 aliphatic rings. The van der Waals surface area contributed by atoms with Gasteiger partial charge in [-0.2, -0.15) is 0 Å². The molecule has 5 nitrogen and oxygen atoms in total. The van der Waals surface area contributed by atoms with E-state index < -0.39 is 5.97 Å². The number of fused-ring (bicyclic) bond motifs is 1. The van der Waals surface area contributed by atoms with Crippen LogP contribution in [0.2, 0.25) is 0 Å². The van der Waals surface area contributed by atoms with E-state index in [9.17, 15) is 9.90 Å². The van der Waals surface area contributed by atoms with Crippen LogP contribution in [0.5, 0.6) is 0 Å². The minimum absolute atomic E-state index is 0.192. The lowest BCUT2D eigenvalue weighted by atomic mass is 10.0. The smallest absolute Gasteiger partial charge is 0.342 e. The lowest BCUT2D eigenvalue weighted by molar-refractivity contribution is 0.0526. The van der Waals surface area contributed by atoms with Crippen molar-refractivity contribution < 1.29 is 19.1 Å². The lowest BCUT2D eigenvalue weighted by Gasteiger charge is -2.04. The van der Waals surface area contributed by atoms with Crippen LogP contribution in [0.15, 0.2) is 16.5 Å². The summed E-state index contributed by atoms with van der Waals surface area (Å²) in [6, 6.07) is 3.32. The number of hydrogen-bond acceptors (Lipinski definition) is 5. The fraction of sp³-hybridized carbons (Fsp3) is 0.308. The highest BCUT2D eigenvalue weighted by Crippen LogP contribution is 2.33. The zero-order chi connectivity index (χ0) is 13.3. The number of esters is 1. The summed E-state index contributed by atoms with van der Waals surface area (Å²) in [6.07, 6.45) is 0. The molecule has 0 atom stereocenters. The summed E-state index contributed by atoms with van der Waals surface area (Å²) < 4.78 is 10.5. The number of benzene rings is 1. The van der Waals surface area contributed by atoms with Crippen LogP contribution < -0.4 is 5.73 Å². The molecule has 0 spiro atoms.